The molecule has 1 aliphatic rings. The maximum Gasteiger partial charge on any atom is 0.256 e. The number of primary amides is 1. The number of fused-ring (bicyclic) bond motifs is 1. The summed E-state index contributed by atoms with van der Waals surface area (Å²) in [6.45, 7) is 7.29. The van der Waals surface area contributed by atoms with Crippen molar-refractivity contribution in [1.82, 2.24) is 0 Å². The molecule has 2 amide bonds. The number of hydrogen-bond donors (Lipinski definition) is 3. The number of thioether (sulfide) groups is 1. The molecule has 4 N–H and O–H groups in total. The molecule has 0 saturated heterocycles. The first kappa shape index (κ1) is 19.9. The lowest BCUT2D eigenvalue weighted by Gasteiger charge is -2.23. The molecule has 1 aromatic heterocycles. The van der Waals surface area contributed by atoms with Gasteiger partial charge in [-0.2, -0.15) is 0 Å². The third-order valence-corrected chi connectivity index (χ3v) is 6.78. The SMILES string of the molecule is CCC[NH+]1CCc2c(sc(NC(=O)c3ccc(SCC)cc3)c2C(N)=O)C1. The Morgan fingerprint density at radius 3 is 2.63 bits per heavy atom. The number of benzene rings is 1. The molecule has 1 aliphatic heterocycles. The molecule has 144 valence electrons. The zero-order valence-electron chi connectivity index (χ0n) is 15.8. The van der Waals surface area contributed by atoms with Crippen LogP contribution >= 0.6 is 23.1 Å². The highest BCUT2D eigenvalue weighted by atomic mass is 32.2. The van der Waals surface area contributed by atoms with Crippen molar-refractivity contribution in [3.63, 3.8) is 0 Å². The minimum Gasteiger partial charge on any atom is -0.365 e. The summed E-state index contributed by atoms with van der Waals surface area (Å²) in [6.07, 6.45) is 1.97. The van der Waals surface area contributed by atoms with Crippen LogP contribution in [0.4, 0.5) is 5.00 Å². The van der Waals surface area contributed by atoms with Gasteiger partial charge in [-0.25, -0.2) is 0 Å². The molecule has 5 nitrogen and oxygen atoms in total. The number of amides is 2. The standard InChI is InChI=1S/C20H25N3O2S2/c1-3-10-23-11-9-15-16(12-23)27-20(17(15)18(21)24)22-19(25)13-5-7-14(8-6-13)26-4-2/h5-8H,3-4,9-12H2,1-2H3,(H2,21,24)(H,22,25)/p+1. The van der Waals surface area contributed by atoms with E-state index in [0.717, 1.165) is 48.7 Å². The molecule has 7 heteroatoms. The number of nitrogens with one attached hydrogen (secondary N) is 2. The van der Waals surface area contributed by atoms with Gasteiger partial charge in [0.15, 0.2) is 0 Å². The van der Waals surface area contributed by atoms with E-state index in [4.69, 9.17) is 5.73 Å². The molecule has 27 heavy (non-hydrogen) atoms. The van der Waals surface area contributed by atoms with Crippen LogP contribution in [0, 0.1) is 0 Å². The molecule has 1 unspecified atom stereocenters. The van der Waals surface area contributed by atoms with Gasteiger partial charge in [-0.3, -0.25) is 9.59 Å². The summed E-state index contributed by atoms with van der Waals surface area (Å²) >= 11 is 3.23. The zero-order valence-corrected chi connectivity index (χ0v) is 17.4. The molecule has 1 aromatic carbocycles. The van der Waals surface area contributed by atoms with E-state index in [1.54, 1.807) is 11.8 Å². The van der Waals surface area contributed by atoms with Crippen LogP contribution in [0.2, 0.25) is 0 Å². The number of carbonyl (C=O) groups excluding carboxylic acids is 2. The Kier molecular flexibility index (Phi) is 6.57. The van der Waals surface area contributed by atoms with E-state index >= 15 is 0 Å². The van der Waals surface area contributed by atoms with E-state index in [0.29, 0.717) is 16.1 Å². The molecule has 3 rings (SSSR count). The van der Waals surface area contributed by atoms with E-state index < -0.39 is 5.91 Å². The second kappa shape index (κ2) is 8.91. The van der Waals surface area contributed by atoms with Crippen LogP contribution in [0.15, 0.2) is 29.2 Å². The Morgan fingerprint density at radius 1 is 1.26 bits per heavy atom. The lowest BCUT2D eigenvalue weighted by molar-refractivity contribution is -0.915. The van der Waals surface area contributed by atoms with Crippen LogP contribution in [0.5, 0.6) is 0 Å². The minimum absolute atomic E-state index is 0.207. The summed E-state index contributed by atoms with van der Waals surface area (Å²) < 4.78 is 0. The number of nitrogens with two attached hydrogens (primary N) is 1. The van der Waals surface area contributed by atoms with Gasteiger partial charge in [0.2, 0.25) is 0 Å². The first-order valence-electron chi connectivity index (χ1n) is 9.35. The Hall–Kier alpha value is -1.83. The number of carbonyl (C=O) groups is 2. The Balaban J connectivity index is 1.82. The van der Waals surface area contributed by atoms with Crippen LogP contribution in [0.1, 0.15) is 51.4 Å². The van der Waals surface area contributed by atoms with Crippen molar-refractivity contribution >= 4 is 39.9 Å². The normalized spacial score (nSPS) is 16.0. The second-order valence-corrected chi connectivity index (χ2v) is 9.10. The third-order valence-electron chi connectivity index (χ3n) is 4.73. The summed E-state index contributed by atoms with van der Waals surface area (Å²) in [5.41, 5.74) is 7.75. The van der Waals surface area contributed by atoms with Crippen molar-refractivity contribution in [1.29, 1.82) is 0 Å². The Labute approximate surface area is 168 Å². The topological polar surface area (TPSA) is 76.6 Å². The van der Waals surface area contributed by atoms with Gasteiger partial charge in [-0.15, -0.1) is 23.1 Å². The van der Waals surface area contributed by atoms with E-state index in [-0.39, 0.29) is 5.91 Å². The third kappa shape index (κ3) is 4.54. The highest BCUT2D eigenvalue weighted by Gasteiger charge is 2.29. The molecule has 0 bridgehead atoms. The molecule has 0 aliphatic carbocycles. The van der Waals surface area contributed by atoms with E-state index in [1.165, 1.54) is 21.1 Å². The van der Waals surface area contributed by atoms with Gasteiger partial charge in [0.1, 0.15) is 11.5 Å². The number of quaternary nitrogens is 1. The van der Waals surface area contributed by atoms with Crippen molar-refractivity contribution < 1.29 is 14.5 Å². The van der Waals surface area contributed by atoms with Gasteiger partial charge in [-0.05, 0) is 42.0 Å². The quantitative estimate of drug-likeness (QED) is 0.621. The van der Waals surface area contributed by atoms with Gasteiger partial charge >= 0.3 is 0 Å². The Morgan fingerprint density at radius 2 is 2.00 bits per heavy atom. The van der Waals surface area contributed by atoms with E-state index in [2.05, 4.69) is 19.2 Å². The van der Waals surface area contributed by atoms with Crippen molar-refractivity contribution in [2.24, 2.45) is 5.73 Å². The van der Waals surface area contributed by atoms with Gasteiger partial charge in [0.05, 0.1) is 23.5 Å². The summed E-state index contributed by atoms with van der Waals surface area (Å²) in [7, 11) is 0. The van der Waals surface area contributed by atoms with Crippen LogP contribution in [0.25, 0.3) is 0 Å². The highest BCUT2D eigenvalue weighted by molar-refractivity contribution is 7.99. The first-order chi connectivity index (χ1) is 13.0. The number of hydrogen-bond acceptors (Lipinski definition) is 4. The summed E-state index contributed by atoms with van der Waals surface area (Å²) in [5.74, 6) is 0.323. The maximum absolute atomic E-state index is 12.7. The number of rotatable bonds is 7. The maximum atomic E-state index is 12.7. The molecule has 0 saturated carbocycles. The fourth-order valence-electron chi connectivity index (χ4n) is 3.50. The van der Waals surface area contributed by atoms with Crippen LogP contribution in [-0.4, -0.2) is 30.7 Å². The number of anilines is 1. The van der Waals surface area contributed by atoms with Crippen molar-refractivity contribution in [2.75, 3.05) is 24.2 Å². The van der Waals surface area contributed by atoms with Crippen LogP contribution in [0.3, 0.4) is 0 Å². The highest BCUT2D eigenvalue weighted by Crippen LogP contribution is 2.34. The van der Waals surface area contributed by atoms with Crippen molar-refractivity contribution in [3.05, 3.63) is 45.8 Å². The molecule has 1 atom stereocenters. The molecule has 0 radical (unpaired) electrons. The fourth-order valence-corrected chi connectivity index (χ4v) is 5.48. The molecule has 2 aromatic rings. The van der Waals surface area contributed by atoms with Crippen molar-refractivity contribution in [2.45, 2.75) is 38.1 Å². The molecular weight excluding hydrogens is 378 g/mol. The molecule has 0 fully saturated rings. The smallest absolute Gasteiger partial charge is 0.256 e. The van der Waals surface area contributed by atoms with E-state index in [1.807, 2.05) is 24.3 Å². The van der Waals surface area contributed by atoms with E-state index in [9.17, 15) is 9.59 Å². The zero-order chi connectivity index (χ0) is 19.4. The van der Waals surface area contributed by atoms with Crippen LogP contribution in [-0.2, 0) is 13.0 Å². The van der Waals surface area contributed by atoms with Crippen molar-refractivity contribution in [3.8, 4) is 0 Å². The van der Waals surface area contributed by atoms with Gasteiger partial charge in [0.25, 0.3) is 11.8 Å². The van der Waals surface area contributed by atoms with Gasteiger partial charge in [0, 0.05) is 16.9 Å². The van der Waals surface area contributed by atoms with Gasteiger partial charge in [-0.1, -0.05) is 13.8 Å². The Bertz CT molecular complexity index is 830. The molecular formula is C20H26N3O2S2+. The lowest BCUT2D eigenvalue weighted by atomic mass is 10.0. The molecule has 0 spiro atoms. The summed E-state index contributed by atoms with van der Waals surface area (Å²) in [4.78, 5) is 28.6. The predicted molar refractivity (Wildman–Crippen MR) is 112 cm³/mol. The average molecular weight is 405 g/mol. The summed E-state index contributed by atoms with van der Waals surface area (Å²) in [5, 5.41) is 3.51. The molecule has 2 heterocycles. The fraction of sp³-hybridized carbons (Fsp3) is 0.400. The largest absolute Gasteiger partial charge is 0.365 e. The minimum atomic E-state index is -0.462. The van der Waals surface area contributed by atoms with Crippen LogP contribution < -0.4 is 16.0 Å². The predicted octanol–water partition coefficient (Wildman–Crippen LogP) is 2.56. The monoisotopic (exact) mass is 404 g/mol. The van der Waals surface area contributed by atoms with Gasteiger partial charge < -0.3 is 16.0 Å². The number of thiophene rings is 1. The summed E-state index contributed by atoms with van der Waals surface area (Å²) in [6, 6.07) is 7.53. The lowest BCUT2D eigenvalue weighted by Crippen LogP contribution is -3.11. The average Bonchev–Trinajstić information content (AvgIpc) is 3.00. The first-order valence-corrected chi connectivity index (χ1v) is 11.2. The second-order valence-electron chi connectivity index (χ2n) is 6.66.